The molecule has 0 radical (unpaired) electrons. The number of aromatic nitrogens is 2. The van der Waals surface area contributed by atoms with E-state index in [0.717, 1.165) is 60.0 Å². The van der Waals surface area contributed by atoms with Crippen molar-refractivity contribution < 1.29 is 9.59 Å². The predicted molar refractivity (Wildman–Crippen MR) is 133 cm³/mol. The molecule has 5 rings (SSSR count). The van der Waals surface area contributed by atoms with Gasteiger partial charge in [-0.1, -0.05) is 12.1 Å². The quantitative estimate of drug-likeness (QED) is 0.587. The summed E-state index contributed by atoms with van der Waals surface area (Å²) < 4.78 is 0. The number of amides is 2. The molecule has 33 heavy (non-hydrogen) atoms. The van der Waals surface area contributed by atoms with Gasteiger partial charge >= 0.3 is 0 Å². The number of thioether (sulfide) groups is 1. The molecule has 7 nitrogen and oxygen atoms in total. The Morgan fingerprint density at radius 1 is 1.00 bits per heavy atom. The van der Waals surface area contributed by atoms with E-state index in [-0.39, 0.29) is 11.1 Å². The first-order valence-corrected chi connectivity index (χ1v) is 11.9. The first-order chi connectivity index (χ1) is 16.0. The van der Waals surface area contributed by atoms with Crippen molar-refractivity contribution in [1.82, 2.24) is 20.2 Å². The van der Waals surface area contributed by atoms with E-state index in [9.17, 15) is 9.59 Å². The van der Waals surface area contributed by atoms with Gasteiger partial charge in [0.1, 0.15) is 0 Å². The molecule has 2 amide bonds. The van der Waals surface area contributed by atoms with Crippen LogP contribution in [0.4, 0.5) is 10.5 Å². The fourth-order valence-electron chi connectivity index (χ4n) is 4.25. The molecule has 0 aliphatic carbocycles. The number of pyridine rings is 2. The number of nitrogens with one attached hydrogen (secondary N) is 1. The number of anilines is 1. The summed E-state index contributed by atoms with van der Waals surface area (Å²) in [5.41, 5.74) is 4.64. The summed E-state index contributed by atoms with van der Waals surface area (Å²) >= 11 is 0.893. The van der Waals surface area contributed by atoms with E-state index in [2.05, 4.69) is 58.2 Å². The van der Waals surface area contributed by atoms with Gasteiger partial charge in [0, 0.05) is 61.3 Å². The molecule has 2 saturated heterocycles. The number of carbonyl (C=O) groups excluding carboxylic acids is 2. The van der Waals surface area contributed by atoms with Gasteiger partial charge in [-0.25, -0.2) is 4.98 Å². The minimum Gasteiger partial charge on any atom is -0.369 e. The Hall–Kier alpha value is -3.23. The van der Waals surface area contributed by atoms with Gasteiger partial charge in [-0.15, -0.1) is 0 Å². The highest BCUT2D eigenvalue weighted by Gasteiger charge is 2.25. The maximum absolute atomic E-state index is 11.9. The van der Waals surface area contributed by atoms with E-state index in [1.807, 2.05) is 18.3 Å². The standard InChI is InChI=1S/C25H25N5O2S/c1-16(2)29-9-11-30(12-10-29)20-7-4-17(5-8-20)21-15-26-14-18-3-6-19(27-23(18)21)13-22-24(31)28-25(32)33-22/h3-8,13-16H,9-12H2,1-2H3,(H,28,31,32). The van der Waals surface area contributed by atoms with Crippen LogP contribution < -0.4 is 10.2 Å². The van der Waals surface area contributed by atoms with Crippen molar-refractivity contribution in [2.45, 2.75) is 19.9 Å². The molecule has 2 aliphatic heterocycles. The Labute approximate surface area is 196 Å². The molecule has 0 spiro atoms. The van der Waals surface area contributed by atoms with E-state index in [1.165, 1.54) is 5.69 Å². The molecule has 2 aromatic heterocycles. The Kier molecular flexibility index (Phi) is 5.86. The number of fused-ring (bicyclic) bond motifs is 1. The zero-order valence-electron chi connectivity index (χ0n) is 18.6. The van der Waals surface area contributed by atoms with E-state index in [0.29, 0.717) is 16.6 Å². The number of benzene rings is 1. The molecule has 1 N–H and O–H groups in total. The number of hydrogen-bond acceptors (Lipinski definition) is 7. The Morgan fingerprint density at radius 2 is 1.76 bits per heavy atom. The number of rotatable bonds is 4. The summed E-state index contributed by atoms with van der Waals surface area (Å²) in [6, 6.07) is 12.9. The average molecular weight is 460 g/mol. The smallest absolute Gasteiger partial charge is 0.290 e. The molecule has 0 saturated carbocycles. The number of carbonyl (C=O) groups is 2. The van der Waals surface area contributed by atoms with E-state index >= 15 is 0 Å². The maximum atomic E-state index is 11.9. The number of nitrogens with zero attached hydrogens (tertiary/aromatic N) is 4. The summed E-state index contributed by atoms with van der Waals surface area (Å²) in [7, 11) is 0. The van der Waals surface area contributed by atoms with E-state index < -0.39 is 0 Å². The fraction of sp³-hybridized carbons (Fsp3) is 0.280. The summed E-state index contributed by atoms with van der Waals surface area (Å²) in [6.07, 6.45) is 5.25. The molecule has 0 atom stereocenters. The van der Waals surface area contributed by atoms with Crippen molar-refractivity contribution in [1.29, 1.82) is 0 Å². The summed E-state index contributed by atoms with van der Waals surface area (Å²) in [5.74, 6) is -0.383. The number of imide groups is 1. The first-order valence-electron chi connectivity index (χ1n) is 11.1. The van der Waals surface area contributed by atoms with Crippen LogP contribution in [0.15, 0.2) is 53.7 Å². The van der Waals surface area contributed by atoms with Gasteiger partial charge in [0.05, 0.1) is 16.1 Å². The lowest BCUT2D eigenvalue weighted by molar-refractivity contribution is -0.115. The average Bonchev–Trinajstić information content (AvgIpc) is 3.15. The molecule has 3 aromatic rings. The Bertz CT molecular complexity index is 1250. The minimum atomic E-state index is -0.383. The van der Waals surface area contributed by atoms with Crippen molar-refractivity contribution in [2.24, 2.45) is 0 Å². The van der Waals surface area contributed by atoms with Gasteiger partial charge in [0.15, 0.2) is 0 Å². The van der Waals surface area contributed by atoms with Gasteiger partial charge in [-0.3, -0.25) is 24.8 Å². The topological polar surface area (TPSA) is 78.4 Å². The van der Waals surface area contributed by atoms with Crippen molar-refractivity contribution >= 4 is 45.6 Å². The highest BCUT2D eigenvalue weighted by atomic mass is 32.2. The van der Waals surface area contributed by atoms with E-state index in [4.69, 9.17) is 4.98 Å². The normalized spacial score (nSPS) is 18.5. The molecule has 0 unspecified atom stereocenters. The third kappa shape index (κ3) is 4.49. The van der Waals surface area contributed by atoms with Gasteiger partial charge in [0.2, 0.25) is 0 Å². The molecular weight excluding hydrogens is 434 g/mol. The molecule has 8 heteroatoms. The fourth-order valence-corrected chi connectivity index (χ4v) is 4.92. The second kappa shape index (κ2) is 8.96. The third-order valence-electron chi connectivity index (χ3n) is 6.13. The SMILES string of the molecule is CC(C)N1CCN(c2ccc(-c3cncc4ccc(C=C5SC(=O)NC5=O)nc34)cc2)CC1. The van der Waals surface area contributed by atoms with Crippen molar-refractivity contribution in [3.8, 4) is 11.1 Å². The van der Waals surface area contributed by atoms with Gasteiger partial charge in [-0.2, -0.15) is 0 Å². The van der Waals surface area contributed by atoms with Crippen molar-refractivity contribution in [3.05, 3.63) is 59.4 Å². The monoisotopic (exact) mass is 459 g/mol. The largest absolute Gasteiger partial charge is 0.369 e. The molecule has 168 valence electrons. The van der Waals surface area contributed by atoms with Gasteiger partial charge in [0.25, 0.3) is 11.1 Å². The van der Waals surface area contributed by atoms with Gasteiger partial charge < -0.3 is 4.90 Å². The highest BCUT2D eigenvalue weighted by Crippen LogP contribution is 2.30. The Balaban J connectivity index is 1.42. The van der Waals surface area contributed by atoms with Crippen LogP contribution in [-0.2, 0) is 4.79 Å². The second-order valence-electron chi connectivity index (χ2n) is 8.51. The van der Waals surface area contributed by atoms with Crippen molar-refractivity contribution in [2.75, 3.05) is 31.1 Å². The van der Waals surface area contributed by atoms with Crippen LogP contribution in [0, 0.1) is 0 Å². The maximum Gasteiger partial charge on any atom is 0.290 e. The zero-order valence-corrected chi connectivity index (χ0v) is 19.4. The third-order valence-corrected chi connectivity index (χ3v) is 6.94. The lowest BCUT2D eigenvalue weighted by Crippen LogP contribution is -2.48. The number of piperazine rings is 1. The molecule has 1 aromatic carbocycles. The highest BCUT2D eigenvalue weighted by molar-refractivity contribution is 8.18. The number of hydrogen-bond donors (Lipinski definition) is 1. The molecule has 0 bridgehead atoms. The molecular formula is C25H25N5O2S. The molecule has 4 heterocycles. The molecule has 2 fully saturated rings. The van der Waals surface area contributed by atoms with Crippen LogP contribution in [0.2, 0.25) is 0 Å². The van der Waals surface area contributed by atoms with Crippen LogP contribution in [-0.4, -0.2) is 58.2 Å². The van der Waals surface area contributed by atoms with Crippen molar-refractivity contribution in [3.63, 3.8) is 0 Å². The summed E-state index contributed by atoms with van der Waals surface area (Å²) in [5, 5.41) is 2.83. The Morgan fingerprint density at radius 3 is 2.42 bits per heavy atom. The van der Waals surface area contributed by atoms with Crippen LogP contribution in [0.3, 0.4) is 0 Å². The summed E-state index contributed by atoms with van der Waals surface area (Å²) in [6.45, 7) is 8.72. The first kappa shape index (κ1) is 21.6. The lowest BCUT2D eigenvalue weighted by atomic mass is 10.0. The zero-order chi connectivity index (χ0) is 22.9. The van der Waals surface area contributed by atoms with E-state index in [1.54, 1.807) is 12.3 Å². The molecule has 2 aliphatic rings. The second-order valence-corrected chi connectivity index (χ2v) is 9.53. The van der Waals surface area contributed by atoms with Crippen LogP contribution in [0.25, 0.3) is 28.1 Å². The summed E-state index contributed by atoms with van der Waals surface area (Å²) in [4.78, 5) is 37.8. The van der Waals surface area contributed by atoms with Crippen LogP contribution >= 0.6 is 11.8 Å². The lowest BCUT2D eigenvalue weighted by Gasteiger charge is -2.38. The van der Waals surface area contributed by atoms with Gasteiger partial charge in [-0.05, 0) is 61.5 Å². The minimum absolute atomic E-state index is 0.351. The van der Waals surface area contributed by atoms with Crippen LogP contribution in [0.1, 0.15) is 19.5 Å². The predicted octanol–water partition coefficient (Wildman–Crippen LogP) is 4.15. The van der Waals surface area contributed by atoms with Crippen LogP contribution in [0.5, 0.6) is 0 Å².